The van der Waals surface area contributed by atoms with Gasteiger partial charge < -0.3 is 10.1 Å². The standard InChI is InChI=1S/C16H13FN2O2S/c1-10(20)18-12-3-5-13(6-4-12)21-9-16-19-14-7-2-11(17)8-15(14)22-16/h2-8H,9H2,1H3,(H,18,20). The number of anilines is 1. The summed E-state index contributed by atoms with van der Waals surface area (Å²) >= 11 is 1.41. The van der Waals surface area contributed by atoms with Crippen LogP contribution in [0.15, 0.2) is 42.5 Å². The van der Waals surface area contributed by atoms with E-state index in [1.807, 2.05) is 0 Å². The summed E-state index contributed by atoms with van der Waals surface area (Å²) in [7, 11) is 0. The molecule has 112 valence electrons. The van der Waals surface area contributed by atoms with Crippen molar-refractivity contribution in [3.05, 3.63) is 53.3 Å². The van der Waals surface area contributed by atoms with E-state index in [0.29, 0.717) is 12.4 Å². The number of rotatable bonds is 4. The minimum absolute atomic E-state index is 0.115. The lowest BCUT2D eigenvalue weighted by Crippen LogP contribution is -2.05. The SMILES string of the molecule is CC(=O)Nc1ccc(OCc2nc3ccc(F)cc3s2)cc1. The van der Waals surface area contributed by atoms with Crippen LogP contribution in [0.5, 0.6) is 5.75 Å². The van der Waals surface area contributed by atoms with Crippen LogP contribution in [0, 0.1) is 5.82 Å². The van der Waals surface area contributed by atoms with Crippen LogP contribution < -0.4 is 10.1 Å². The van der Waals surface area contributed by atoms with Crippen LogP contribution >= 0.6 is 11.3 Å². The van der Waals surface area contributed by atoms with E-state index in [-0.39, 0.29) is 11.7 Å². The molecule has 3 aromatic rings. The van der Waals surface area contributed by atoms with Crippen LogP contribution in [0.4, 0.5) is 10.1 Å². The van der Waals surface area contributed by atoms with Crippen molar-refractivity contribution in [3.63, 3.8) is 0 Å². The largest absolute Gasteiger partial charge is 0.486 e. The summed E-state index contributed by atoms with van der Waals surface area (Å²) in [6, 6.07) is 11.6. The summed E-state index contributed by atoms with van der Waals surface area (Å²) in [4.78, 5) is 15.3. The monoisotopic (exact) mass is 316 g/mol. The number of amides is 1. The number of nitrogens with zero attached hydrogens (tertiary/aromatic N) is 1. The Morgan fingerprint density at radius 1 is 1.27 bits per heavy atom. The van der Waals surface area contributed by atoms with E-state index in [4.69, 9.17) is 4.74 Å². The van der Waals surface area contributed by atoms with E-state index in [0.717, 1.165) is 20.9 Å². The fourth-order valence-corrected chi connectivity index (χ4v) is 2.90. The number of carbonyl (C=O) groups excluding carboxylic acids is 1. The third-order valence-corrected chi connectivity index (χ3v) is 3.92. The Morgan fingerprint density at radius 3 is 2.77 bits per heavy atom. The number of aromatic nitrogens is 1. The first-order chi connectivity index (χ1) is 10.6. The average molecular weight is 316 g/mol. The Labute approximate surface area is 130 Å². The van der Waals surface area contributed by atoms with E-state index in [1.54, 1.807) is 30.3 Å². The maximum Gasteiger partial charge on any atom is 0.221 e. The fraction of sp³-hybridized carbons (Fsp3) is 0.125. The molecule has 3 rings (SSSR count). The van der Waals surface area contributed by atoms with Gasteiger partial charge >= 0.3 is 0 Å². The average Bonchev–Trinajstić information content (AvgIpc) is 2.88. The van der Waals surface area contributed by atoms with Crippen LogP contribution in [0.1, 0.15) is 11.9 Å². The predicted octanol–water partition coefficient (Wildman–Crippen LogP) is 3.97. The molecule has 0 aliphatic carbocycles. The Balaban J connectivity index is 1.67. The zero-order valence-corrected chi connectivity index (χ0v) is 12.6. The van der Waals surface area contributed by atoms with E-state index in [1.165, 1.54) is 30.4 Å². The fourth-order valence-electron chi connectivity index (χ4n) is 1.99. The molecule has 0 atom stereocenters. The van der Waals surface area contributed by atoms with Crippen LogP contribution in [0.3, 0.4) is 0 Å². The van der Waals surface area contributed by atoms with E-state index in [9.17, 15) is 9.18 Å². The molecule has 1 aromatic heterocycles. The van der Waals surface area contributed by atoms with Crippen molar-refractivity contribution >= 4 is 33.1 Å². The lowest BCUT2D eigenvalue weighted by Gasteiger charge is -2.05. The highest BCUT2D eigenvalue weighted by Crippen LogP contribution is 2.24. The number of hydrogen-bond donors (Lipinski definition) is 1. The van der Waals surface area contributed by atoms with Crippen molar-refractivity contribution in [2.45, 2.75) is 13.5 Å². The van der Waals surface area contributed by atoms with Gasteiger partial charge in [0.2, 0.25) is 5.91 Å². The number of carbonyl (C=O) groups is 1. The molecule has 0 bridgehead atoms. The van der Waals surface area contributed by atoms with Gasteiger partial charge in [-0.2, -0.15) is 0 Å². The molecule has 0 unspecified atom stereocenters. The second-order valence-corrected chi connectivity index (χ2v) is 5.83. The van der Waals surface area contributed by atoms with E-state index < -0.39 is 0 Å². The second kappa shape index (κ2) is 6.11. The number of ether oxygens (including phenoxy) is 1. The summed E-state index contributed by atoms with van der Waals surface area (Å²) in [6.07, 6.45) is 0. The van der Waals surface area contributed by atoms with Gasteiger partial charge in [0.1, 0.15) is 23.2 Å². The van der Waals surface area contributed by atoms with E-state index in [2.05, 4.69) is 10.3 Å². The van der Waals surface area contributed by atoms with Crippen LogP contribution in [-0.4, -0.2) is 10.9 Å². The number of nitrogens with one attached hydrogen (secondary N) is 1. The van der Waals surface area contributed by atoms with Gasteiger partial charge in [-0.3, -0.25) is 4.79 Å². The van der Waals surface area contributed by atoms with Gasteiger partial charge in [-0.25, -0.2) is 9.37 Å². The van der Waals surface area contributed by atoms with E-state index >= 15 is 0 Å². The van der Waals surface area contributed by atoms with Crippen LogP contribution in [0.2, 0.25) is 0 Å². The highest BCUT2D eigenvalue weighted by molar-refractivity contribution is 7.18. The van der Waals surface area contributed by atoms with Gasteiger partial charge in [-0.05, 0) is 42.5 Å². The smallest absolute Gasteiger partial charge is 0.221 e. The molecule has 0 aliphatic rings. The molecule has 1 heterocycles. The number of benzene rings is 2. The summed E-state index contributed by atoms with van der Waals surface area (Å²) in [6.45, 7) is 1.78. The summed E-state index contributed by atoms with van der Waals surface area (Å²) in [5, 5.41) is 3.47. The van der Waals surface area contributed by atoms with Gasteiger partial charge in [0.05, 0.1) is 10.2 Å². The molecule has 1 N–H and O–H groups in total. The molecule has 0 aliphatic heterocycles. The van der Waals surface area contributed by atoms with Crippen molar-refractivity contribution in [1.29, 1.82) is 0 Å². The normalized spacial score (nSPS) is 10.6. The van der Waals surface area contributed by atoms with Crippen molar-refractivity contribution in [2.75, 3.05) is 5.32 Å². The van der Waals surface area contributed by atoms with Gasteiger partial charge in [0.15, 0.2) is 0 Å². The molecule has 22 heavy (non-hydrogen) atoms. The van der Waals surface area contributed by atoms with Gasteiger partial charge in [-0.15, -0.1) is 11.3 Å². The molecular weight excluding hydrogens is 303 g/mol. The van der Waals surface area contributed by atoms with Gasteiger partial charge in [-0.1, -0.05) is 0 Å². The Kier molecular flexibility index (Phi) is 4.02. The quantitative estimate of drug-likeness (QED) is 0.792. The molecule has 0 spiro atoms. The molecular formula is C16H13FN2O2S. The lowest BCUT2D eigenvalue weighted by molar-refractivity contribution is -0.114. The summed E-state index contributed by atoms with van der Waals surface area (Å²) in [5.41, 5.74) is 1.49. The third-order valence-electron chi connectivity index (χ3n) is 2.93. The van der Waals surface area contributed by atoms with Crippen LogP contribution in [0.25, 0.3) is 10.2 Å². The predicted molar refractivity (Wildman–Crippen MR) is 84.7 cm³/mol. The first-order valence-corrected chi connectivity index (χ1v) is 7.47. The van der Waals surface area contributed by atoms with Crippen molar-refractivity contribution in [1.82, 2.24) is 4.98 Å². The van der Waals surface area contributed by atoms with Crippen molar-refractivity contribution in [3.8, 4) is 5.75 Å². The Bertz CT molecular complexity index is 815. The topological polar surface area (TPSA) is 51.2 Å². The molecule has 6 heteroatoms. The number of fused-ring (bicyclic) bond motifs is 1. The highest BCUT2D eigenvalue weighted by Gasteiger charge is 2.06. The zero-order valence-electron chi connectivity index (χ0n) is 11.8. The maximum absolute atomic E-state index is 13.1. The first-order valence-electron chi connectivity index (χ1n) is 6.65. The van der Waals surface area contributed by atoms with Gasteiger partial charge in [0.25, 0.3) is 0 Å². The molecule has 1 amide bonds. The number of hydrogen-bond acceptors (Lipinski definition) is 4. The maximum atomic E-state index is 13.1. The minimum Gasteiger partial charge on any atom is -0.486 e. The van der Waals surface area contributed by atoms with Crippen molar-refractivity contribution < 1.29 is 13.9 Å². The zero-order chi connectivity index (χ0) is 15.5. The lowest BCUT2D eigenvalue weighted by atomic mass is 10.3. The Morgan fingerprint density at radius 2 is 2.05 bits per heavy atom. The van der Waals surface area contributed by atoms with Gasteiger partial charge in [0, 0.05) is 12.6 Å². The summed E-state index contributed by atoms with van der Waals surface area (Å²) in [5.74, 6) is 0.298. The van der Waals surface area contributed by atoms with Crippen LogP contribution in [-0.2, 0) is 11.4 Å². The molecule has 0 saturated carbocycles. The summed E-state index contributed by atoms with van der Waals surface area (Å²) < 4.78 is 19.6. The number of halogens is 1. The minimum atomic E-state index is -0.267. The van der Waals surface area contributed by atoms with Crippen molar-refractivity contribution in [2.24, 2.45) is 0 Å². The third kappa shape index (κ3) is 3.40. The molecule has 2 aromatic carbocycles. The molecule has 4 nitrogen and oxygen atoms in total. The Hall–Kier alpha value is -2.47. The molecule has 0 radical (unpaired) electrons. The first kappa shape index (κ1) is 14.5. The molecule has 0 saturated heterocycles. The molecule has 0 fully saturated rings. The second-order valence-electron chi connectivity index (χ2n) is 4.71. The number of thiazole rings is 1. The highest BCUT2D eigenvalue weighted by atomic mass is 32.1.